The first kappa shape index (κ1) is 15.6. The van der Waals surface area contributed by atoms with E-state index in [0.717, 1.165) is 4.31 Å². The highest BCUT2D eigenvalue weighted by molar-refractivity contribution is 7.89. The fraction of sp³-hybridized carbons (Fsp3) is 0.462. The summed E-state index contributed by atoms with van der Waals surface area (Å²) in [6.45, 7) is 0.202. The minimum Gasteiger partial charge on any atom is -0.493 e. The Kier molecular flexibility index (Phi) is 4.38. The number of nitrogens with zero attached hydrogens (tertiary/aromatic N) is 1. The minimum atomic E-state index is -3.87. The fourth-order valence-electron chi connectivity index (χ4n) is 2.39. The molecule has 1 fully saturated rings. The number of hydrogen-bond acceptors (Lipinski definition) is 5. The van der Waals surface area contributed by atoms with Crippen LogP contribution >= 0.6 is 0 Å². The van der Waals surface area contributed by atoms with Crippen molar-refractivity contribution in [2.45, 2.75) is 23.8 Å². The third-order valence-electron chi connectivity index (χ3n) is 3.45. The van der Waals surface area contributed by atoms with Gasteiger partial charge in [-0.3, -0.25) is 4.79 Å². The van der Waals surface area contributed by atoms with E-state index in [4.69, 9.17) is 14.6 Å². The molecule has 1 aromatic rings. The third-order valence-corrected chi connectivity index (χ3v) is 5.35. The Labute approximate surface area is 123 Å². The number of ether oxygens (including phenoxy) is 2. The van der Waals surface area contributed by atoms with Crippen molar-refractivity contribution in [3.63, 3.8) is 0 Å². The highest BCUT2D eigenvalue weighted by atomic mass is 32.2. The van der Waals surface area contributed by atoms with Crippen molar-refractivity contribution in [1.82, 2.24) is 4.31 Å². The van der Waals surface area contributed by atoms with Gasteiger partial charge in [-0.2, -0.15) is 4.31 Å². The van der Waals surface area contributed by atoms with Gasteiger partial charge in [0.25, 0.3) is 0 Å². The van der Waals surface area contributed by atoms with Crippen LogP contribution in [-0.2, 0) is 14.8 Å². The van der Waals surface area contributed by atoms with Crippen molar-refractivity contribution in [3.05, 3.63) is 18.2 Å². The monoisotopic (exact) mass is 315 g/mol. The third kappa shape index (κ3) is 2.81. The van der Waals surface area contributed by atoms with E-state index in [9.17, 15) is 13.2 Å². The van der Waals surface area contributed by atoms with Crippen molar-refractivity contribution in [1.29, 1.82) is 0 Å². The number of hydrogen-bond donors (Lipinski definition) is 1. The summed E-state index contributed by atoms with van der Waals surface area (Å²) in [5, 5.41) is 9.13. The van der Waals surface area contributed by atoms with E-state index < -0.39 is 22.0 Å². The number of rotatable bonds is 5. The molecule has 1 heterocycles. The molecule has 2 rings (SSSR count). The summed E-state index contributed by atoms with van der Waals surface area (Å²) in [5.41, 5.74) is 0. The van der Waals surface area contributed by atoms with Gasteiger partial charge in [0.05, 0.1) is 19.1 Å². The van der Waals surface area contributed by atoms with Crippen LogP contribution in [0.5, 0.6) is 11.5 Å². The van der Waals surface area contributed by atoms with Crippen LogP contribution in [-0.4, -0.2) is 50.6 Å². The van der Waals surface area contributed by atoms with Crippen LogP contribution in [0, 0.1) is 0 Å². The number of aliphatic carboxylic acids is 1. The maximum atomic E-state index is 12.6. The average molecular weight is 315 g/mol. The van der Waals surface area contributed by atoms with Crippen molar-refractivity contribution in [3.8, 4) is 11.5 Å². The fourth-order valence-corrected chi connectivity index (χ4v) is 4.05. The number of carboxylic acid groups (broad SMARTS) is 1. The van der Waals surface area contributed by atoms with Gasteiger partial charge < -0.3 is 14.6 Å². The van der Waals surface area contributed by atoms with E-state index in [1.165, 1.54) is 32.4 Å². The van der Waals surface area contributed by atoms with Crippen LogP contribution in [0.2, 0.25) is 0 Å². The Morgan fingerprint density at radius 2 is 1.95 bits per heavy atom. The minimum absolute atomic E-state index is 0.00620. The number of benzene rings is 1. The molecule has 0 saturated carbocycles. The number of sulfonamides is 1. The summed E-state index contributed by atoms with van der Waals surface area (Å²) in [4.78, 5) is 11.2. The van der Waals surface area contributed by atoms with Crippen molar-refractivity contribution < 1.29 is 27.8 Å². The van der Waals surface area contributed by atoms with Crippen molar-refractivity contribution >= 4 is 16.0 Å². The van der Waals surface area contributed by atoms with Gasteiger partial charge in [-0.15, -0.1) is 0 Å². The molecular formula is C13H17NO6S. The summed E-state index contributed by atoms with van der Waals surface area (Å²) < 4.78 is 36.3. The molecule has 0 spiro atoms. The number of carbonyl (C=O) groups is 1. The van der Waals surface area contributed by atoms with Gasteiger partial charge in [0, 0.05) is 12.6 Å². The average Bonchev–Trinajstić information content (AvgIpc) is 2.96. The van der Waals surface area contributed by atoms with Gasteiger partial charge >= 0.3 is 5.97 Å². The zero-order chi connectivity index (χ0) is 15.6. The normalized spacial score (nSPS) is 19.4. The van der Waals surface area contributed by atoms with Crippen LogP contribution in [0.25, 0.3) is 0 Å². The Morgan fingerprint density at radius 1 is 1.29 bits per heavy atom. The molecule has 7 nitrogen and oxygen atoms in total. The lowest BCUT2D eigenvalue weighted by Gasteiger charge is -2.21. The van der Waals surface area contributed by atoms with Crippen molar-refractivity contribution in [2.24, 2.45) is 0 Å². The lowest BCUT2D eigenvalue weighted by molar-refractivity contribution is -0.140. The molecule has 1 N–H and O–H groups in total. The van der Waals surface area contributed by atoms with Crippen LogP contribution in [0.1, 0.15) is 12.8 Å². The molecule has 1 atom stereocenters. The number of carboxylic acids is 1. The Morgan fingerprint density at radius 3 is 2.52 bits per heavy atom. The summed E-state index contributed by atoms with van der Waals surface area (Å²) in [6.07, 6.45) is 0.853. The second kappa shape index (κ2) is 5.90. The van der Waals surface area contributed by atoms with E-state index in [2.05, 4.69) is 0 Å². The first-order chi connectivity index (χ1) is 9.91. The molecule has 116 valence electrons. The Balaban J connectivity index is 2.42. The molecule has 0 bridgehead atoms. The molecular weight excluding hydrogens is 298 g/mol. The van der Waals surface area contributed by atoms with Gasteiger partial charge in [0.15, 0.2) is 11.5 Å². The van der Waals surface area contributed by atoms with Crippen LogP contribution < -0.4 is 9.47 Å². The molecule has 1 saturated heterocycles. The second-order valence-corrected chi connectivity index (χ2v) is 6.52. The lowest BCUT2D eigenvalue weighted by Crippen LogP contribution is -2.40. The maximum absolute atomic E-state index is 12.6. The standard InChI is InChI=1S/C13H17NO6S/c1-19-11-6-5-9(8-12(11)20-2)21(17,18)14-7-3-4-10(14)13(15)16/h5-6,8,10H,3-4,7H2,1-2H3,(H,15,16)/t10-/m0/s1. The summed E-state index contributed by atoms with van der Waals surface area (Å²) in [6, 6.07) is 3.19. The van der Waals surface area contributed by atoms with Gasteiger partial charge in [-0.25, -0.2) is 8.42 Å². The molecule has 1 aromatic carbocycles. The molecule has 0 radical (unpaired) electrons. The quantitative estimate of drug-likeness (QED) is 0.869. The molecule has 1 aliphatic heterocycles. The molecule has 1 aliphatic rings. The van der Waals surface area contributed by atoms with E-state index in [1.807, 2.05) is 0 Å². The molecule has 8 heteroatoms. The number of methoxy groups -OCH3 is 2. The van der Waals surface area contributed by atoms with Gasteiger partial charge in [-0.1, -0.05) is 0 Å². The van der Waals surface area contributed by atoms with E-state index in [0.29, 0.717) is 18.6 Å². The first-order valence-electron chi connectivity index (χ1n) is 6.38. The zero-order valence-corrected chi connectivity index (χ0v) is 12.6. The summed E-state index contributed by atoms with van der Waals surface area (Å²) >= 11 is 0. The zero-order valence-electron chi connectivity index (χ0n) is 11.8. The van der Waals surface area contributed by atoms with Gasteiger partial charge in [0.2, 0.25) is 10.0 Å². The van der Waals surface area contributed by atoms with Crippen LogP contribution in [0.4, 0.5) is 0 Å². The summed E-state index contributed by atoms with van der Waals surface area (Å²) in [5.74, 6) is -0.436. The highest BCUT2D eigenvalue weighted by Gasteiger charge is 2.39. The van der Waals surface area contributed by atoms with Crippen molar-refractivity contribution in [2.75, 3.05) is 20.8 Å². The largest absolute Gasteiger partial charge is 0.493 e. The molecule has 0 amide bonds. The van der Waals surface area contributed by atoms with Gasteiger partial charge in [0.1, 0.15) is 6.04 Å². The van der Waals surface area contributed by atoms with Crippen LogP contribution in [0.3, 0.4) is 0 Å². The van der Waals surface area contributed by atoms with Gasteiger partial charge in [-0.05, 0) is 25.0 Å². The first-order valence-corrected chi connectivity index (χ1v) is 7.82. The molecule has 0 unspecified atom stereocenters. The SMILES string of the molecule is COc1ccc(S(=O)(=O)N2CCC[C@H]2C(=O)O)cc1OC. The van der Waals surface area contributed by atoms with E-state index in [1.54, 1.807) is 0 Å². The maximum Gasteiger partial charge on any atom is 0.322 e. The summed E-state index contributed by atoms with van der Waals surface area (Å²) in [7, 11) is -1.02. The Hall–Kier alpha value is -1.80. The second-order valence-electron chi connectivity index (χ2n) is 4.63. The highest BCUT2D eigenvalue weighted by Crippen LogP contribution is 2.32. The van der Waals surface area contributed by atoms with Crippen LogP contribution in [0.15, 0.2) is 23.1 Å². The topological polar surface area (TPSA) is 93.1 Å². The smallest absolute Gasteiger partial charge is 0.322 e. The lowest BCUT2D eigenvalue weighted by atomic mass is 10.2. The predicted molar refractivity (Wildman–Crippen MR) is 74.1 cm³/mol. The molecule has 0 aromatic heterocycles. The molecule has 21 heavy (non-hydrogen) atoms. The molecule has 0 aliphatic carbocycles. The van der Waals surface area contributed by atoms with E-state index >= 15 is 0 Å². The predicted octanol–water partition coefficient (Wildman–Crippen LogP) is 0.941. The van der Waals surface area contributed by atoms with E-state index in [-0.39, 0.29) is 17.2 Å². The Bertz CT molecular complexity index is 642.